The monoisotopic (exact) mass is 323 g/mol. The summed E-state index contributed by atoms with van der Waals surface area (Å²) < 4.78 is 0. The van der Waals surface area contributed by atoms with Gasteiger partial charge in [0.2, 0.25) is 0 Å². The van der Waals surface area contributed by atoms with Gasteiger partial charge in [0, 0.05) is 24.7 Å². The molecule has 0 radical (unpaired) electrons. The second-order valence-electron chi connectivity index (χ2n) is 5.21. The van der Waals surface area contributed by atoms with Gasteiger partial charge in [-0.1, -0.05) is 6.42 Å². The topological polar surface area (TPSA) is 93.0 Å². The Morgan fingerprint density at radius 1 is 1.36 bits per heavy atom. The van der Waals surface area contributed by atoms with Crippen molar-refractivity contribution >= 4 is 34.9 Å². The molecule has 0 spiro atoms. The molecule has 1 aliphatic rings. The Kier molecular flexibility index (Phi) is 5.46. The van der Waals surface area contributed by atoms with Crippen LogP contribution in [0.2, 0.25) is 0 Å². The highest BCUT2D eigenvalue weighted by Crippen LogP contribution is 2.19. The first kappa shape index (κ1) is 16.4. The summed E-state index contributed by atoms with van der Waals surface area (Å²) in [6.45, 7) is 1.88. The van der Waals surface area contributed by atoms with E-state index < -0.39 is 4.92 Å². The average Bonchev–Trinajstić information content (AvgIpc) is 2.53. The van der Waals surface area contributed by atoms with Gasteiger partial charge in [0.05, 0.1) is 22.2 Å². The smallest absolute Gasteiger partial charge is 0.271 e. The highest BCUT2D eigenvalue weighted by molar-refractivity contribution is 5.85. The van der Waals surface area contributed by atoms with Crippen LogP contribution in [0.15, 0.2) is 24.4 Å². The maximum absolute atomic E-state index is 10.7. The molecule has 0 bridgehead atoms. The number of halogens is 1. The Morgan fingerprint density at radius 3 is 2.95 bits per heavy atom. The lowest BCUT2D eigenvalue weighted by Crippen LogP contribution is -2.39. The van der Waals surface area contributed by atoms with Gasteiger partial charge in [0.1, 0.15) is 5.82 Å². The molecule has 7 nitrogen and oxygen atoms in total. The zero-order valence-corrected chi connectivity index (χ0v) is 12.8. The van der Waals surface area contributed by atoms with Crippen molar-refractivity contribution in [3.63, 3.8) is 0 Å². The van der Waals surface area contributed by atoms with Crippen LogP contribution in [-0.4, -0.2) is 34.0 Å². The fourth-order valence-electron chi connectivity index (χ4n) is 2.52. The molecule has 0 saturated carbocycles. The van der Waals surface area contributed by atoms with Crippen LogP contribution in [0.5, 0.6) is 0 Å². The first-order valence-corrected chi connectivity index (χ1v) is 7.11. The van der Waals surface area contributed by atoms with Crippen LogP contribution >= 0.6 is 12.4 Å². The minimum absolute atomic E-state index is 0. The number of piperidine rings is 1. The lowest BCUT2D eigenvalue weighted by Gasteiger charge is -2.23. The van der Waals surface area contributed by atoms with E-state index in [1.54, 1.807) is 12.3 Å². The number of nitrogens with one attached hydrogen (secondary N) is 2. The highest BCUT2D eigenvalue weighted by atomic mass is 35.5. The van der Waals surface area contributed by atoms with Crippen molar-refractivity contribution in [3.05, 3.63) is 34.5 Å². The van der Waals surface area contributed by atoms with E-state index in [1.165, 1.54) is 31.4 Å². The van der Waals surface area contributed by atoms with Crippen molar-refractivity contribution in [1.29, 1.82) is 0 Å². The van der Waals surface area contributed by atoms with Crippen molar-refractivity contribution < 1.29 is 4.92 Å². The number of anilines is 1. The van der Waals surface area contributed by atoms with Gasteiger partial charge in [0.15, 0.2) is 0 Å². The van der Waals surface area contributed by atoms with Crippen molar-refractivity contribution in [2.45, 2.75) is 25.3 Å². The fourth-order valence-corrected chi connectivity index (χ4v) is 2.52. The van der Waals surface area contributed by atoms with Gasteiger partial charge in [-0.15, -0.1) is 12.4 Å². The SMILES string of the molecule is Cl.O=[N+]([O-])c1ccc2nc(NCC3CCCCN3)cnc2c1. The Bertz CT molecular complexity index is 661. The molecule has 2 heterocycles. The summed E-state index contributed by atoms with van der Waals surface area (Å²) in [4.78, 5) is 19.0. The molecule has 0 aliphatic carbocycles. The van der Waals surface area contributed by atoms with Gasteiger partial charge < -0.3 is 10.6 Å². The van der Waals surface area contributed by atoms with E-state index in [0.29, 0.717) is 22.9 Å². The van der Waals surface area contributed by atoms with Crippen LogP contribution in [0.4, 0.5) is 11.5 Å². The summed E-state index contributed by atoms with van der Waals surface area (Å²) in [5, 5.41) is 17.5. The first-order chi connectivity index (χ1) is 10.2. The van der Waals surface area contributed by atoms with Crippen LogP contribution in [0.3, 0.4) is 0 Å². The van der Waals surface area contributed by atoms with Gasteiger partial charge in [-0.2, -0.15) is 0 Å². The zero-order chi connectivity index (χ0) is 14.7. The summed E-state index contributed by atoms with van der Waals surface area (Å²) in [6, 6.07) is 4.98. The van der Waals surface area contributed by atoms with E-state index in [-0.39, 0.29) is 18.1 Å². The minimum atomic E-state index is -0.429. The summed E-state index contributed by atoms with van der Waals surface area (Å²) >= 11 is 0. The number of aromatic nitrogens is 2. The maximum atomic E-state index is 10.7. The van der Waals surface area contributed by atoms with Gasteiger partial charge in [-0.25, -0.2) is 4.98 Å². The average molecular weight is 324 g/mol. The van der Waals surface area contributed by atoms with Gasteiger partial charge >= 0.3 is 0 Å². The van der Waals surface area contributed by atoms with Crippen LogP contribution < -0.4 is 10.6 Å². The molecule has 118 valence electrons. The van der Waals surface area contributed by atoms with E-state index in [2.05, 4.69) is 20.6 Å². The molecule has 3 rings (SSSR count). The van der Waals surface area contributed by atoms with Gasteiger partial charge in [-0.05, 0) is 25.5 Å². The first-order valence-electron chi connectivity index (χ1n) is 7.11. The van der Waals surface area contributed by atoms with Crippen LogP contribution in [-0.2, 0) is 0 Å². The van der Waals surface area contributed by atoms with Crippen LogP contribution in [0, 0.1) is 10.1 Å². The number of non-ortho nitro benzene ring substituents is 1. The lowest BCUT2D eigenvalue weighted by molar-refractivity contribution is -0.384. The Morgan fingerprint density at radius 2 is 2.23 bits per heavy atom. The standard InChI is InChI=1S/C14H17N5O2.ClH/c20-19(21)11-4-5-12-13(7-11)16-9-14(18-12)17-8-10-3-1-2-6-15-10;/h4-5,7,9-10,15H,1-3,6,8H2,(H,17,18);1H. The van der Waals surface area contributed by atoms with E-state index in [0.717, 1.165) is 13.1 Å². The molecule has 1 aromatic carbocycles. The summed E-state index contributed by atoms with van der Waals surface area (Å²) in [6.07, 6.45) is 5.28. The quantitative estimate of drug-likeness (QED) is 0.663. The lowest BCUT2D eigenvalue weighted by atomic mass is 10.1. The molecule has 1 aromatic heterocycles. The molecule has 1 aliphatic heterocycles. The molecule has 1 fully saturated rings. The molecule has 1 saturated heterocycles. The maximum Gasteiger partial charge on any atom is 0.271 e. The number of benzene rings is 1. The third kappa shape index (κ3) is 3.80. The van der Waals surface area contributed by atoms with Crippen molar-refractivity contribution in [1.82, 2.24) is 15.3 Å². The van der Waals surface area contributed by atoms with Crippen molar-refractivity contribution in [3.8, 4) is 0 Å². The normalized spacial score (nSPS) is 17.7. The van der Waals surface area contributed by atoms with Crippen molar-refractivity contribution in [2.75, 3.05) is 18.4 Å². The Labute approximate surface area is 134 Å². The molecule has 2 N–H and O–H groups in total. The van der Waals surface area contributed by atoms with E-state index >= 15 is 0 Å². The number of hydrogen-bond acceptors (Lipinski definition) is 6. The number of nitro benzene ring substituents is 1. The number of rotatable bonds is 4. The van der Waals surface area contributed by atoms with Gasteiger partial charge in [-0.3, -0.25) is 15.1 Å². The second-order valence-corrected chi connectivity index (χ2v) is 5.21. The zero-order valence-electron chi connectivity index (χ0n) is 12.0. The number of nitrogens with zero attached hydrogens (tertiary/aromatic N) is 3. The van der Waals surface area contributed by atoms with Crippen LogP contribution in [0.25, 0.3) is 11.0 Å². The second kappa shape index (κ2) is 7.33. The van der Waals surface area contributed by atoms with E-state index in [9.17, 15) is 10.1 Å². The highest BCUT2D eigenvalue weighted by Gasteiger charge is 2.12. The number of fused-ring (bicyclic) bond motifs is 1. The van der Waals surface area contributed by atoms with E-state index in [4.69, 9.17) is 0 Å². The Balaban J connectivity index is 0.00000176. The van der Waals surface area contributed by atoms with E-state index in [1.807, 2.05) is 0 Å². The summed E-state index contributed by atoms with van der Waals surface area (Å²) in [5.41, 5.74) is 1.22. The molecular formula is C14H18ClN5O2. The Hall–Kier alpha value is -1.99. The third-order valence-electron chi connectivity index (χ3n) is 3.68. The number of nitro groups is 1. The number of hydrogen-bond donors (Lipinski definition) is 2. The summed E-state index contributed by atoms with van der Waals surface area (Å²) in [5.74, 6) is 0.698. The largest absolute Gasteiger partial charge is 0.367 e. The van der Waals surface area contributed by atoms with Crippen LogP contribution in [0.1, 0.15) is 19.3 Å². The molecular weight excluding hydrogens is 306 g/mol. The van der Waals surface area contributed by atoms with Gasteiger partial charge in [0.25, 0.3) is 5.69 Å². The summed E-state index contributed by atoms with van der Waals surface area (Å²) in [7, 11) is 0. The predicted molar refractivity (Wildman–Crippen MR) is 87.6 cm³/mol. The molecule has 1 unspecified atom stereocenters. The molecule has 0 amide bonds. The van der Waals surface area contributed by atoms with Crippen molar-refractivity contribution in [2.24, 2.45) is 0 Å². The predicted octanol–water partition coefficient (Wildman–Crippen LogP) is 2.51. The molecule has 2 aromatic rings. The molecule has 1 atom stereocenters. The third-order valence-corrected chi connectivity index (χ3v) is 3.68. The molecule has 22 heavy (non-hydrogen) atoms. The fraction of sp³-hybridized carbons (Fsp3) is 0.429. The molecule has 8 heteroatoms. The minimum Gasteiger partial charge on any atom is -0.367 e.